The summed E-state index contributed by atoms with van der Waals surface area (Å²) in [5.41, 5.74) is 4.91. The van der Waals surface area contributed by atoms with Crippen molar-refractivity contribution in [2.75, 3.05) is 0 Å². The number of hydrogen-bond donors (Lipinski definition) is 3. The van der Waals surface area contributed by atoms with E-state index in [4.69, 9.17) is 10.8 Å². The molecule has 0 aromatic carbocycles. The molecule has 0 aliphatic heterocycles. The van der Waals surface area contributed by atoms with E-state index in [-0.39, 0.29) is 31.2 Å². The van der Waals surface area contributed by atoms with Crippen LogP contribution in [0.5, 0.6) is 0 Å². The van der Waals surface area contributed by atoms with Crippen molar-refractivity contribution in [3.63, 3.8) is 0 Å². The van der Waals surface area contributed by atoms with E-state index in [9.17, 15) is 4.79 Å². The predicted octanol–water partition coefficient (Wildman–Crippen LogP) is 0.598. The van der Waals surface area contributed by atoms with Crippen LogP contribution in [0.3, 0.4) is 0 Å². The van der Waals surface area contributed by atoms with E-state index in [1.807, 2.05) is 0 Å². The van der Waals surface area contributed by atoms with E-state index in [1.165, 1.54) is 13.3 Å². The Balaban J connectivity index is 0. The van der Waals surface area contributed by atoms with Crippen LogP contribution in [-0.4, -0.2) is 26.6 Å². The highest BCUT2D eigenvalue weighted by molar-refractivity contribution is 5.85. The van der Waals surface area contributed by atoms with Crippen molar-refractivity contribution in [1.29, 1.82) is 0 Å². The molecule has 82 valence electrons. The fraction of sp³-hybridized carbons (Fsp3) is 0.429. The highest BCUT2D eigenvalue weighted by Gasteiger charge is 2.28. The van der Waals surface area contributed by atoms with Gasteiger partial charge in [-0.3, -0.25) is 4.79 Å². The maximum atomic E-state index is 10.6. The molecule has 0 radical (unpaired) electrons. The van der Waals surface area contributed by atoms with Crippen molar-refractivity contribution < 1.29 is 9.90 Å². The molecule has 14 heavy (non-hydrogen) atoms. The first-order valence-electron chi connectivity index (χ1n) is 3.52. The number of rotatable bonds is 3. The quantitative estimate of drug-likeness (QED) is 0.723. The first-order valence-corrected chi connectivity index (χ1v) is 3.52. The average molecular weight is 242 g/mol. The smallest absolute Gasteiger partial charge is 0.323 e. The zero-order valence-corrected chi connectivity index (χ0v) is 9.19. The number of hydrogen-bond acceptors (Lipinski definition) is 3. The molecule has 1 aromatic heterocycles. The second-order valence-electron chi connectivity index (χ2n) is 2.96. The maximum absolute atomic E-state index is 10.6. The number of H-pyrrole nitrogens is 1. The predicted molar refractivity (Wildman–Crippen MR) is 57.0 cm³/mol. The molecule has 0 aliphatic carbocycles. The molecule has 1 heterocycles. The molecule has 4 N–H and O–H groups in total. The number of carboxylic acids is 1. The Morgan fingerprint density at radius 1 is 1.71 bits per heavy atom. The standard InChI is InChI=1S/C7H11N3O2.2ClH/c1-7(8,6(11)12)2-5-3-9-4-10-5;;/h3-4H,2,8H2,1H3,(H,9,10)(H,11,12);2*1H. The third kappa shape index (κ3) is 3.95. The van der Waals surface area contributed by atoms with E-state index >= 15 is 0 Å². The van der Waals surface area contributed by atoms with Gasteiger partial charge in [0.25, 0.3) is 0 Å². The van der Waals surface area contributed by atoms with Crippen LogP contribution in [0.25, 0.3) is 0 Å². The molecule has 0 amide bonds. The molecule has 0 aliphatic rings. The average Bonchev–Trinajstić information content (AvgIpc) is 2.38. The summed E-state index contributed by atoms with van der Waals surface area (Å²) in [4.78, 5) is 17.2. The van der Waals surface area contributed by atoms with Gasteiger partial charge in [0.05, 0.1) is 12.0 Å². The fourth-order valence-electron chi connectivity index (χ4n) is 0.839. The summed E-state index contributed by atoms with van der Waals surface area (Å²) in [6, 6.07) is 0. The second-order valence-corrected chi connectivity index (χ2v) is 2.96. The van der Waals surface area contributed by atoms with Crippen molar-refractivity contribution in [2.24, 2.45) is 5.73 Å². The van der Waals surface area contributed by atoms with Gasteiger partial charge in [0.1, 0.15) is 5.54 Å². The molecule has 7 heteroatoms. The maximum Gasteiger partial charge on any atom is 0.323 e. The van der Waals surface area contributed by atoms with Crippen LogP contribution in [-0.2, 0) is 11.2 Å². The van der Waals surface area contributed by atoms with Gasteiger partial charge in [0.2, 0.25) is 0 Å². The van der Waals surface area contributed by atoms with Gasteiger partial charge in [0.15, 0.2) is 0 Å². The highest BCUT2D eigenvalue weighted by Crippen LogP contribution is 2.07. The first kappa shape index (κ1) is 15.7. The molecule has 0 bridgehead atoms. The van der Waals surface area contributed by atoms with Crippen LogP contribution < -0.4 is 5.73 Å². The number of carboxylic acid groups (broad SMARTS) is 1. The number of imidazole rings is 1. The summed E-state index contributed by atoms with van der Waals surface area (Å²) in [5.74, 6) is -1.02. The van der Waals surface area contributed by atoms with Gasteiger partial charge >= 0.3 is 5.97 Å². The Bertz CT molecular complexity index is 274. The molecule has 1 unspecified atom stereocenters. The first-order chi connectivity index (χ1) is 5.52. The van der Waals surface area contributed by atoms with Gasteiger partial charge in [-0.05, 0) is 6.92 Å². The van der Waals surface area contributed by atoms with Gasteiger partial charge in [-0.2, -0.15) is 0 Å². The number of nitrogens with one attached hydrogen (secondary N) is 1. The Hall–Kier alpha value is -0.780. The van der Waals surface area contributed by atoms with E-state index in [0.717, 1.165) is 0 Å². The third-order valence-corrected chi connectivity index (χ3v) is 1.59. The topological polar surface area (TPSA) is 92.0 Å². The van der Waals surface area contributed by atoms with Crippen LogP contribution in [0.15, 0.2) is 12.5 Å². The minimum absolute atomic E-state index is 0. The lowest BCUT2D eigenvalue weighted by molar-refractivity contribution is -0.142. The number of aliphatic carboxylic acids is 1. The lowest BCUT2D eigenvalue weighted by Gasteiger charge is -2.16. The summed E-state index contributed by atoms with van der Waals surface area (Å²) in [7, 11) is 0. The van der Waals surface area contributed by atoms with Crippen molar-refractivity contribution in [3.8, 4) is 0 Å². The van der Waals surface area contributed by atoms with Crippen molar-refractivity contribution >= 4 is 30.8 Å². The molecule has 0 saturated carbocycles. The summed E-state index contributed by atoms with van der Waals surface area (Å²) in [5, 5.41) is 8.68. The van der Waals surface area contributed by atoms with Crippen LogP contribution in [0.1, 0.15) is 12.6 Å². The zero-order chi connectivity index (χ0) is 9.19. The van der Waals surface area contributed by atoms with Gasteiger partial charge in [-0.1, -0.05) is 0 Å². The van der Waals surface area contributed by atoms with E-state index < -0.39 is 11.5 Å². The van der Waals surface area contributed by atoms with E-state index in [1.54, 1.807) is 6.20 Å². The molecular formula is C7H13Cl2N3O2. The Kier molecular flexibility index (Phi) is 6.55. The van der Waals surface area contributed by atoms with Gasteiger partial charge < -0.3 is 15.8 Å². The molecule has 1 atom stereocenters. The molecule has 0 spiro atoms. The molecular weight excluding hydrogens is 229 g/mol. The number of aromatic amines is 1. The summed E-state index contributed by atoms with van der Waals surface area (Å²) >= 11 is 0. The van der Waals surface area contributed by atoms with Crippen molar-refractivity contribution in [2.45, 2.75) is 18.9 Å². The minimum atomic E-state index is -1.24. The third-order valence-electron chi connectivity index (χ3n) is 1.59. The molecule has 0 saturated heterocycles. The lowest BCUT2D eigenvalue weighted by atomic mass is 9.98. The summed E-state index contributed by atoms with van der Waals surface area (Å²) in [6.07, 6.45) is 3.35. The normalized spacial score (nSPS) is 13.3. The monoisotopic (exact) mass is 241 g/mol. The van der Waals surface area contributed by atoms with Crippen LogP contribution in [0.2, 0.25) is 0 Å². The molecule has 0 fully saturated rings. The van der Waals surface area contributed by atoms with Crippen molar-refractivity contribution in [1.82, 2.24) is 9.97 Å². The number of halogens is 2. The number of nitrogens with zero attached hydrogens (tertiary/aromatic N) is 1. The van der Waals surface area contributed by atoms with Gasteiger partial charge in [-0.15, -0.1) is 24.8 Å². The number of aromatic nitrogens is 2. The zero-order valence-electron chi connectivity index (χ0n) is 7.56. The number of nitrogens with two attached hydrogens (primary N) is 1. The van der Waals surface area contributed by atoms with E-state index in [0.29, 0.717) is 5.69 Å². The Morgan fingerprint density at radius 3 is 2.64 bits per heavy atom. The SMILES string of the molecule is CC(N)(Cc1c[nH]cn1)C(=O)O.Cl.Cl. The van der Waals surface area contributed by atoms with Gasteiger partial charge in [-0.25, -0.2) is 4.98 Å². The van der Waals surface area contributed by atoms with Gasteiger partial charge in [0, 0.05) is 12.6 Å². The van der Waals surface area contributed by atoms with Crippen LogP contribution in [0.4, 0.5) is 0 Å². The Labute approximate surface area is 93.9 Å². The largest absolute Gasteiger partial charge is 0.480 e. The number of carbonyl (C=O) groups is 1. The van der Waals surface area contributed by atoms with Crippen LogP contribution in [0, 0.1) is 0 Å². The minimum Gasteiger partial charge on any atom is -0.480 e. The summed E-state index contributed by atoms with van der Waals surface area (Å²) < 4.78 is 0. The molecule has 5 nitrogen and oxygen atoms in total. The fourth-order valence-corrected chi connectivity index (χ4v) is 0.839. The lowest BCUT2D eigenvalue weighted by Crippen LogP contribution is -2.46. The van der Waals surface area contributed by atoms with Crippen LogP contribution >= 0.6 is 24.8 Å². The molecule has 1 rings (SSSR count). The Morgan fingerprint density at radius 2 is 2.29 bits per heavy atom. The molecule has 1 aromatic rings. The van der Waals surface area contributed by atoms with E-state index in [2.05, 4.69) is 9.97 Å². The summed E-state index contributed by atoms with van der Waals surface area (Å²) in [6.45, 7) is 1.46. The van der Waals surface area contributed by atoms with Crippen molar-refractivity contribution in [3.05, 3.63) is 18.2 Å². The second kappa shape index (κ2) is 5.85. The highest BCUT2D eigenvalue weighted by atomic mass is 35.5.